The molecule has 1 unspecified atom stereocenters. The Kier molecular flexibility index (Phi) is 6.68. The molecule has 0 spiro atoms. The van der Waals surface area contributed by atoms with Gasteiger partial charge >= 0.3 is 0 Å². The van der Waals surface area contributed by atoms with E-state index in [1.54, 1.807) is 0 Å². The maximum atomic E-state index is 3.54. The number of thioether (sulfide) groups is 1. The molecule has 1 N–H and O–H groups in total. The predicted molar refractivity (Wildman–Crippen MR) is 78.5 cm³/mol. The molecule has 0 aliphatic carbocycles. The van der Waals surface area contributed by atoms with Crippen molar-refractivity contribution in [2.24, 2.45) is 0 Å². The second-order valence-corrected chi connectivity index (χ2v) is 5.92. The largest absolute Gasteiger partial charge is 0.310 e. The van der Waals surface area contributed by atoms with E-state index >= 15 is 0 Å². The summed E-state index contributed by atoms with van der Waals surface area (Å²) in [6.07, 6.45) is 3.40. The molecule has 1 aromatic carbocycles. The Balaban J connectivity index is 2.27. The van der Waals surface area contributed by atoms with Gasteiger partial charge in [-0.1, -0.05) is 12.1 Å². The summed E-state index contributed by atoms with van der Waals surface area (Å²) in [5, 5.41) is 3.54. The van der Waals surface area contributed by atoms with Gasteiger partial charge in [-0.3, -0.25) is 0 Å². The van der Waals surface area contributed by atoms with E-state index in [-0.39, 0.29) is 0 Å². The van der Waals surface area contributed by atoms with Crippen molar-refractivity contribution >= 4 is 34.4 Å². The Labute approximate surface area is 111 Å². The molecule has 1 atom stereocenters. The van der Waals surface area contributed by atoms with E-state index < -0.39 is 0 Å². The van der Waals surface area contributed by atoms with Crippen molar-refractivity contribution in [3.63, 3.8) is 0 Å². The Morgan fingerprint density at radius 3 is 2.60 bits per heavy atom. The summed E-state index contributed by atoms with van der Waals surface area (Å²) in [5.41, 5.74) is 1.37. The molecule has 1 aromatic rings. The van der Waals surface area contributed by atoms with Gasteiger partial charge in [0.25, 0.3) is 0 Å². The van der Waals surface area contributed by atoms with Crippen LogP contribution in [0.1, 0.15) is 18.9 Å². The SMILES string of the molecule is CSCCC(C)NCc1ccc(I)cc1. The smallest absolute Gasteiger partial charge is 0.0207 e. The third kappa shape index (κ3) is 5.78. The lowest BCUT2D eigenvalue weighted by molar-refractivity contribution is 0.537. The van der Waals surface area contributed by atoms with Crippen LogP contribution in [0.15, 0.2) is 24.3 Å². The Morgan fingerprint density at radius 2 is 2.00 bits per heavy atom. The van der Waals surface area contributed by atoms with E-state index in [2.05, 4.69) is 65.4 Å². The van der Waals surface area contributed by atoms with Gasteiger partial charge in [0.1, 0.15) is 0 Å². The summed E-state index contributed by atoms with van der Waals surface area (Å²) < 4.78 is 1.30. The van der Waals surface area contributed by atoms with E-state index in [1.807, 2.05) is 11.8 Å². The summed E-state index contributed by atoms with van der Waals surface area (Å²) in [6.45, 7) is 3.23. The van der Waals surface area contributed by atoms with Crippen molar-refractivity contribution < 1.29 is 0 Å². The number of benzene rings is 1. The average Bonchev–Trinajstić information content (AvgIpc) is 2.25. The first-order chi connectivity index (χ1) is 7.22. The molecule has 84 valence electrons. The first kappa shape index (κ1) is 13.3. The predicted octanol–water partition coefficient (Wildman–Crippen LogP) is 3.52. The third-order valence-corrected chi connectivity index (χ3v) is 3.69. The second-order valence-electron chi connectivity index (χ2n) is 3.69. The Hall–Kier alpha value is 0.260. The normalized spacial score (nSPS) is 12.7. The lowest BCUT2D eigenvalue weighted by Gasteiger charge is -2.12. The first-order valence-electron chi connectivity index (χ1n) is 5.19. The van der Waals surface area contributed by atoms with Crippen molar-refractivity contribution in [3.05, 3.63) is 33.4 Å². The van der Waals surface area contributed by atoms with Crippen molar-refractivity contribution in [1.82, 2.24) is 5.32 Å². The molecule has 0 heterocycles. The van der Waals surface area contributed by atoms with Gasteiger partial charge in [0.2, 0.25) is 0 Å². The van der Waals surface area contributed by atoms with E-state index in [0.717, 1.165) is 6.54 Å². The maximum Gasteiger partial charge on any atom is 0.0207 e. The fourth-order valence-corrected chi connectivity index (χ4v) is 2.24. The van der Waals surface area contributed by atoms with Crippen LogP contribution >= 0.6 is 34.4 Å². The van der Waals surface area contributed by atoms with Gasteiger partial charge in [0, 0.05) is 16.2 Å². The summed E-state index contributed by atoms with van der Waals surface area (Å²) in [7, 11) is 0. The van der Waals surface area contributed by atoms with Crippen LogP contribution in [-0.4, -0.2) is 18.1 Å². The number of nitrogens with one attached hydrogen (secondary N) is 1. The fourth-order valence-electron chi connectivity index (χ4n) is 1.29. The third-order valence-electron chi connectivity index (χ3n) is 2.32. The summed E-state index contributed by atoms with van der Waals surface area (Å²) in [4.78, 5) is 0. The van der Waals surface area contributed by atoms with Crippen molar-refractivity contribution in [2.45, 2.75) is 25.9 Å². The molecule has 0 aliphatic rings. The molecule has 0 saturated heterocycles. The molecule has 1 rings (SSSR count). The summed E-state index contributed by atoms with van der Waals surface area (Å²) in [5.74, 6) is 1.24. The standard InChI is InChI=1S/C12H18INS/c1-10(7-8-15-2)14-9-11-3-5-12(13)6-4-11/h3-6,10,14H,7-9H2,1-2H3. The molecule has 0 radical (unpaired) electrons. The molecular formula is C12H18INS. The minimum Gasteiger partial charge on any atom is -0.310 e. The summed E-state index contributed by atoms with van der Waals surface area (Å²) in [6, 6.07) is 9.30. The van der Waals surface area contributed by atoms with E-state index in [9.17, 15) is 0 Å². The van der Waals surface area contributed by atoms with Crippen LogP contribution in [-0.2, 0) is 6.54 Å². The highest BCUT2D eigenvalue weighted by molar-refractivity contribution is 14.1. The van der Waals surface area contributed by atoms with Crippen LogP contribution in [0.25, 0.3) is 0 Å². The van der Waals surface area contributed by atoms with E-state index in [0.29, 0.717) is 6.04 Å². The first-order valence-corrected chi connectivity index (χ1v) is 7.66. The molecule has 0 aliphatic heterocycles. The van der Waals surface area contributed by atoms with E-state index in [1.165, 1.54) is 21.3 Å². The van der Waals surface area contributed by atoms with Gasteiger partial charge in [-0.15, -0.1) is 0 Å². The van der Waals surface area contributed by atoms with Crippen LogP contribution in [0.4, 0.5) is 0 Å². The molecular weight excluding hydrogens is 317 g/mol. The van der Waals surface area contributed by atoms with Gasteiger partial charge in [-0.2, -0.15) is 11.8 Å². The molecule has 0 fully saturated rings. The van der Waals surface area contributed by atoms with E-state index in [4.69, 9.17) is 0 Å². The molecule has 0 amide bonds. The quantitative estimate of drug-likeness (QED) is 0.799. The number of halogens is 1. The monoisotopic (exact) mass is 335 g/mol. The number of hydrogen-bond donors (Lipinski definition) is 1. The minimum absolute atomic E-state index is 0.608. The average molecular weight is 335 g/mol. The molecule has 0 bridgehead atoms. The van der Waals surface area contributed by atoms with Crippen LogP contribution < -0.4 is 5.32 Å². The molecule has 15 heavy (non-hydrogen) atoms. The van der Waals surface area contributed by atoms with Gasteiger partial charge in [0.15, 0.2) is 0 Å². The number of rotatable bonds is 6. The van der Waals surface area contributed by atoms with Crippen LogP contribution in [0.5, 0.6) is 0 Å². The van der Waals surface area contributed by atoms with Crippen LogP contribution in [0.2, 0.25) is 0 Å². The zero-order valence-corrected chi connectivity index (χ0v) is 12.3. The number of hydrogen-bond acceptors (Lipinski definition) is 2. The van der Waals surface area contributed by atoms with Gasteiger partial charge < -0.3 is 5.32 Å². The van der Waals surface area contributed by atoms with Crippen LogP contribution in [0, 0.1) is 3.57 Å². The molecule has 0 aromatic heterocycles. The highest BCUT2D eigenvalue weighted by Gasteiger charge is 2.00. The van der Waals surface area contributed by atoms with Gasteiger partial charge in [-0.05, 0) is 65.6 Å². The topological polar surface area (TPSA) is 12.0 Å². The lowest BCUT2D eigenvalue weighted by atomic mass is 10.2. The van der Waals surface area contributed by atoms with Gasteiger partial charge in [-0.25, -0.2) is 0 Å². The van der Waals surface area contributed by atoms with Crippen LogP contribution in [0.3, 0.4) is 0 Å². The fraction of sp³-hybridized carbons (Fsp3) is 0.500. The Bertz CT molecular complexity index is 273. The highest BCUT2D eigenvalue weighted by Crippen LogP contribution is 2.07. The van der Waals surface area contributed by atoms with Gasteiger partial charge in [0.05, 0.1) is 0 Å². The second kappa shape index (κ2) is 7.52. The van der Waals surface area contributed by atoms with Crippen molar-refractivity contribution in [3.8, 4) is 0 Å². The molecule has 0 saturated carbocycles. The maximum absolute atomic E-state index is 3.54. The zero-order valence-electron chi connectivity index (χ0n) is 9.29. The van der Waals surface area contributed by atoms with Crippen molar-refractivity contribution in [1.29, 1.82) is 0 Å². The lowest BCUT2D eigenvalue weighted by Crippen LogP contribution is -2.25. The highest BCUT2D eigenvalue weighted by atomic mass is 127. The minimum atomic E-state index is 0.608. The summed E-state index contributed by atoms with van der Waals surface area (Å²) >= 11 is 4.25. The molecule has 3 heteroatoms. The zero-order chi connectivity index (χ0) is 11.1. The molecule has 1 nitrogen and oxygen atoms in total. The van der Waals surface area contributed by atoms with Crippen molar-refractivity contribution in [2.75, 3.05) is 12.0 Å². The Morgan fingerprint density at radius 1 is 1.33 bits per heavy atom.